The van der Waals surface area contributed by atoms with Crippen LogP contribution in [0.25, 0.3) is 0 Å². The summed E-state index contributed by atoms with van der Waals surface area (Å²) < 4.78 is 0. The van der Waals surface area contributed by atoms with Crippen LogP contribution >= 0.6 is 11.8 Å². The van der Waals surface area contributed by atoms with Gasteiger partial charge in [-0.15, -0.1) is 11.8 Å². The molecule has 0 radical (unpaired) electrons. The van der Waals surface area contributed by atoms with Gasteiger partial charge in [-0.25, -0.2) is 0 Å². The van der Waals surface area contributed by atoms with Crippen molar-refractivity contribution in [3.05, 3.63) is 30.1 Å². The van der Waals surface area contributed by atoms with Gasteiger partial charge < -0.3 is 10.2 Å². The summed E-state index contributed by atoms with van der Waals surface area (Å²) in [7, 11) is 0. The first-order valence-electron chi connectivity index (χ1n) is 7.92. The van der Waals surface area contributed by atoms with Gasteiger partial charge in [0.25, 0.3) is 0 Å². The quantitative estimate of drug-likeness (QED) is 0.895. The summed E-state index contributed by atoms with van der Waals surface area (Å²) in [6, 6.07) is 5.40. The maximum absolute atomic E-state index is 12.4. The van der Waals surface area contributed by atoms with E-state index in [1.54, 1.807) is 22.9 Å². The van der Waals surface area contributed by atoms with Gasteiger partial charge in [-0.3, -0.25) is 14.6 Å². The zero-order chi connectivity index (χ0) is 16.9. The van der Waals surface area contributed by atoms with Crippen LogP contribution in [0.3, 0.4) is 0 Å². The molecule has 1 atom stereocenters. The Hall–Kier alpha value is -1.56. The summed E-state index contributed by atoms with van der Waals surface area (Å²) in [6.07, 6.45) is 2.91. The highest BCUT2D eigenvalue weighted by Gasteiger charge is 2.35. The average molecular weight is 335 g/mol. The van der Waals surface area contributed by atoms with Crippen molar-refractivity contribution in [3.63, 3.8) is 0 Å². The molecule has 5 nitrogen and oxygen atoms in total. The number of hydrogen-bond donors (Lipinski definition) is 1. The topological polar surface area (TPSA) is 62.3 Å². The summed E-state index contributed by atoms with van der Waals surface area (Å²) in [4.78, 5) is 30.7. The Morgan fingerprint density at radius 3 is 2.83 bits per heavy atom. The number of thioether (sulfide) groups is 1. The van der Waals surface area contributed by atoms with E-state index in [2.05, 4.69) is 10.3 Å². The maximum Gasteiger partial charge on any atom is 0.243 e. The van der Waals surface area contributed by atoms with Gasteiger partial charge in [0, 0.05) is 37.0 Å². The molecule has 1 unspecified atom stereocenters. The van der Waals surface area contributed by atoms with Crippen molar-refractivity contribution in [2.75, 3.05) is 18.2 Å². The van der Waals surface area contributed by atoms with Gasteiger partial charge in [0.05, 0.1) is 5.88 Å². The van der Waals surface area contributed by atoms with E-state index in [0.717, 1.165) is 5.69 Å². The van der Waals surface area contributed by atoms with Crippen molar-refractivity contribution in [1.29, 1.82) is 0 Å². The molecule has 0 aliphatic carbocycles. The Morgan fingerprint density at radius 2 is 2.17 bits per heavy atom. The summed E-state index contributed by atoms with van der Waals surface area (Å²) in [5.74, 6) is 1.28. The molecule has 1 aliphatic rings. The largest absolute Gasteiger partial charge is 0.354 e. The first kappa shape index (κ1) is 17.8. The molecule has 2 amide bonds. The van der Waals surface area contributed by atoms with Crippen molar-refractivity contribution in [2.45, 2.75) is 39.7 Å². The van der Waals surface area contributed by atoms with Gasteiger partial charge in [-0.05, 0) is 17.5 Å². The third kappa shape index (κ3) is 5.53. The van der Waals surface area contributed by atoms with Crippen LogP contribution in [-0.4, -0.2) is 45.9 Å². The van der Waals surface area contributed by atoms with Crippen LogP contribution in [0.5, 0.6) is 0 Å². The van der Waals surface area contributed by atoms with Crippen molar-refractivity contribution >= 4 is 23.6 Å². The maximum atomic E-state index is 12.4. The number of hydrogen-bond acceptors (Lipinski definition) is 4. The second kappa shape index (κ2) is 7.81. The highest BCUT2D eigenvalue weighted by molar-refractivity contribution is 7.99. The van der Waals surface area contributed by atoms with E-state index in [-0.39, 0.29) is 23.3 Å². The molecule has 1 aliphatic heterocycles. The summed E-state index contributed by atoms with van der Waals surface area (Å²) in [5.41, 5.74) is 0.888. The third-order valence-electron chi connectivity index (χ3n) is 3.59. The van der Waals surface area contributed by atoms with Crippen LogP contribution in [0.15, 0.2) is 24.4 Å². The molecule has 23 heavy (non-hydrogen) atoms. The molecule has 2 rings (SSSR count). The van der Waals surface area contributed by atoms with Gasteiger partial charge in [-0.2, -0.15) is 0 Å². The monoisotopic (exact) mass is 335 g/mol. The summed E-state index contributed by atoms with van der Waals surface area (Å²) in [5, 5.41) is 2.93. The molecule has 0 spiro atoms. The minimum absolute atomic E-state index is 0.0619. The van der Waals surface area contributed by atoms with Crippen molar-refractivity contribution in [2.24, 2.45) is 5.41 Å². The highest BCUT2D eigenvalue weighted by Crippen LogP contribution is 2.26. The van der Waals surface area contributed by atoms with E-state index in [1.165, 1.54) is 0 Å². The lowest BCUT2D eigenvalue weighted by atomic mass is 9.91. The van der Waals surface area contributed by atoms with E-state index in [9.17, 15) is 9.59 Å². The van der Waals surface area contributed by atoms with Crippen LogP contribution in [0.2, 0.25) is 0 Å². The SMILES string of the molecule is CC(C)(C)CC(=O)N1CSCC1C(=O)NCCc1ccccn1. The number of pyridine rings is 1. The predicted octanol–water partition coefficient (Wildman–Crippen LogP) is 2.08. The summed E-state index contributed by atoms with van der Waals surface area (Å²) >= 11 is 1.63. The van der Waals surface area contributed by atoms with Gasteiger partial charge in [0.1, 0.15) is 6.04 Å². The van der Waals surface area contributed by atoms with Crippen LogP contribution in [0.4, 0.5) is 0 Å². The van der Waals surface area contributed by atoms with E-state index >= 15 is 0 Å². The molecule has 1 fully saturated rings. The van der Waals surface area contributed by atoms with Crippen LogP contribution in [0.1, 0.15) is 32.9 Å². The first-order valence-corrected chi connectivity index (χ1v) is 9.07. The number of carbonyl (C=O) groups is 2. The standard InChI is InChI=1S/C17H25N3O2S/c1-17(2,3)10-15(21)20-12-23-11-14(20)16(22)19-9-7-13-6-4-5-8-18-13/h4-6,8,14H,7,9-12H2,1-3H3,(H,19,22). The number of aromatic nitrogens is 1. The Morgan fingerprint density at radius 1 is 1.39 bits per heavy atom. The van der Waals surface area contributed by atoms with Crippen LogP contribution in [0, 0.1) is 5.41 Å². The second-order valence-corrected chi connectivity index (χ2v) is 7.98. The fourth-order valence-corrected chi connectivity index (χ4v) is 3.62. The second-order valence-electron chi connectivity index (χ2n) is 6.98. The Labute approximate surface area is 142 Å². The van der Waals surface area contributed by atoms with Crippen molar-refractivity contribution in [3.8, 4) is 0 Å². The lowest BCUT2D eigenvalue weighted by Gasteiger charge is -2.26. The zero-order valence-electron chi connectivity index (χ0n) is 14.0. The zero-order valence-corrected chi connectivity index (χ0v) is 14.9. The van der Waals surface area contributed by atoms with E-state index < -0.39 is 0 Å². The molecule has 1 saturated heterocycles. The normalized spacial score (nSPS) is 18.0. The van der Waals surface area contributed by atoms with Crippen molar-refractivity contribution < 1.29 is 9.59 Å². The van der Waals surface area contributed by atoms with E-state index in [0.29, 0.717) is 31.0 Å². The Balaban J connectivity index is 1.84. The molecule has 1 aromatic heterocycles. The molecule has 0 saturated carbocycles. The van der Waals surface area contributed by atoms with Crippen LogP contribution in [-0.2, 0) is 16.0 Å². The molecule has 1 aromatic rings. The molecule has 0 bridgehead atoms. The smallest absolute Gasteiger partial charge is 0.243 e. The van der Waals surface area contributed by atoms with E-state index in [4.69, 9.17) is 0 Å². The van der Waals surface area contributed by atoms with Gasteiger partial charge in [0.15, 0.2) is 0 Å². The van der Waals surface area contributed by atoms with Gasteiger partial charge in [0.2, 0.25) is 11.8 Å². The molecular formula is C17H25N3O2S. The average Bonchev–Trinajstić information content (AvgIpc) is 2.96. The number of rotatable bonds is 5. The fraction of sp³-hybridized carbons (Fsp3) is 0.588. The van der Waals surface area contributed by atoms with Gasteiger partial charge >= 0.3 is 0 Å². The summed E-state index contributed by atoms with van der Waals surface area (Å²) in [6.45, 7) is 6.65. The third-order valence-corrected chi connectivity index (χ3v) is 4.61. The molecule has 126 valence electrons. The number of amides is 2. The minimum Gasteiger partial charge on any atom is -0.354 e. The predicted molar refractivity (Wildman–Crippen MR) is 93.0 cm³/mol. The van der Waals surface area contributed by atoms with Gasteiger partial charge in [-0.1, -0.05) is 26.8 Å². The molecular weight excluding hydrogens is 310 g/mol. The fourth-order valence-electron chi connectivity index (χ4n) is 2.44. The Bertz CT molecular complexity index is 543. The lowest BCUT2D eigenvalue weighted by molar-refractivity contribution is -0.139. The molecule has 6 heteroatoms. The number of nitrogens with zero attached hydrogens (tertiary/aromatic N) is 2. The number of nitrogens with one attached hydrogen (secondary N) is 1. The van der Waals surface area contributed by atoms with Crippen LogP contribution < -0.4 is 5.32 Å². The molecule has 0 aromatic carbocycles. The van der Waals surface area contributed by atoms with Crippen molar-refractivity contribution in [1.82, 2.24) is 15.2 Å². The lowest BCUT2D eigenvalue weighted by Crippen LogP contribution is -2.48. The number of carbonyl (C=O) groups excluding carboxylic acids is 2. The molecule has 2 heterocycles. The van der Waals surface area contributed by atoms with E-state index in [1.807, 2.05) is 39.0 Å². The minimum atomic E-state index is -0.349. The molecule has 1 N–H and O–H groups in total. The Kier molecular flexibility index (Phi) is 6.04. The first-order chi connectivity index (χ1) is 10.9. The highest BCUT2D eigenvalue weighted by atomic mass is 32.2.